The molecule has 1 unspecified atom stereocenters. The topological polar surface area (TPSA) is 55.2 Å². The third-order valence-corrected chi connectivity index (χ3v) is 6.46. The van der Waals surface area contributed by atoms with Crippen molar-refractivity contribution in [1.29, 1.82) is 0 Å². The average Bonchev–Trinajstić information content (AvgIpc) is 3.10. The van der Waals surface area contributed by atoms with Crippen LogP contribution in [0.2, 0.25) is 5.02 Å². The number of aromatic nitrogens is 3. The van der Waals surface area contributed by atoms with E-state index in [1.54, 1.807) is 24.4 Å². The van der Waals surface area contributed by atoms with Gasteiger partial charge in [-0.2, -0.15) is 5.10 Å². The summed E-state index contributed by atoms with van der Waals surface area (Å²) in [7, 11) is 1.88. The minimum atomic E-state index is -0.456. The molecule has 3 aromatic rings. The number of benzene rings is 1. The maximum Gasteiger partial charge on any atom is 0.141 e. The van der Waals surface area contributed by atoms with Crippen molar-refractivity contribution in [2.45, 2.75) is 0 Å². The first-order chi connectivity index (χ1) is 14.1. The lowest BCUT2D eigenvalue weighted by atomic mass is 10.2. The molecular weight excluding hydrogens is 527 g/mol. The van der Waals surface area contributed by atoms with Crippen LogP contribution >= 0.6 is 40.0 Å². The van der Waals surface area contributed by atoms with E-state index in [-0.39, 0.29) is 5.02 Å². The summed E-state index contributed by atoms with van der Waals surface area (Å²) < 4.78 is 21.3. The van der Waals surface area contributed by atoms with E-state index >= 15 is 0 Å². The number of likely N-dealkylation sites (N-methyl/N-ethyl adjacent to an activating group) is 1. The maximum absolute atomic E-state index is 13.7. The first-order valence-electron chi connectivity index (χ1n) is 8.91. The number of pyridine rings is 1. The Morgan fingerprint density at radius 3 is 2.93 bits per heavy atom. The standard InChI is InChI=1S/C19H21ClFIN5OP/c1-3-17-14-11-19(24-12-18(14)27(25-17)29-22)26(7-9-28-8-6-23-2)13-4-5-16(21)15(20)10-13/h3-5,10-12,23,29H,1,6-9H2,2H3. The smallest absolute Gasteiger partial charge is 0.141 e. The summed E-state index contributed by atoms with van der Waals surface area (Å²) in [4.78, 5) is 6.59. The molecule has 2 heterocycles. The van der Waals surface area contributed by atoms with Crippen molar-refractivity contribution in [3.05, 3.63) is 53.6 Å². The van der Waals surface area contributed by atoms with Crippen molar-refractivity contribution in [2.24, 2.45) is 0 Å². The van der Waals surface area contributed by atoms with E-state index in [1.807, 2.05) is 22.5 Å². The van der Waals surface area contributed by atoms with Crippen LogP contribution in [0.4, 0.5) is 15.9 Å². The first kappa shape index (κ1) is 22.4. The predicted octanol–water partition coefficient (Wildman–Crippen LogP) is 5.03. The zero-order chi connectivity index (χ0) is 20.8. The monoisotopic (exact) mass is 547 g/mol. The third kappa shape index (κ3) is 5.24. The molecule has 10 heteroatoms. The molecule has 154 valence electrons. The van der Waals surface area contributed by atoms with Crippen LogP contribution < -0.4 is 10.2 Å². The van der Waals surface area contributed by atoms with Gasteiger partial charge in [0.15, 0.2) is 0 Å². The number of nitrogens with one attached hydrogen (secondary N) is 1. The van der Waals surface area contributed by atoms with Crippen LogP contribution in [-0.2, 0) is 4.74 Å². The SMILES string of the molecule is C=Cc1nn(PI)c2cnc(N(CCOCCNC)c3ccc(F)c(Cl)c3)cc12. The van der Waals surface area contributed by atoms with Gasteiger partial charge in [-0.15, -0.1) is 0 Å². The molecule has 0 amide bonds. The van der Waals surface area contributed by atoms with Crippen molar-refractivity contribution >= 4 is 68.5 Å². The third-order valence-electron chi connectivity index (χ3n) is 4.30. The molecule has 1 aromatic carbocycles. The Bertz CT molecular complexity index is 1000. The number of ether oxygens (including phenoxy) is 1. The van der Waals surface area contributed by atoms with Crippen LogP contribution in [0.1, 0.15) is 5.69 Å². The molecule has 0 aliphatic carbocycles. The maximum atomic E-state index is 13.7. The quantitative estimate of drug-likeness (QED) is 0.219. The lowest BCUT2D eigenvalue weighted by Gasteiger charge is -2.24. The number of anilines is 2. The molecule has 0 aliphatic rings. The molecule has 0 fully saturated rings. The summed E-state index contributed by atoms with van der Waals surface area (Å²) in [6.45, 7) is 6.26. The number of hydrogen-bond acceptors (Lipinski definition) is 5. The van der Waals surface area contributed by atoms with Gasteiger partial charge in [0.25, 0.3) is 0 Å². The van der Waals surface area contributed by atoms with Crippen LogP contribution in [0.15, 0.2) is 37.0 Å². The molecule has 1 N–H and O–H groups in total. The predicted molar refractivity (Wildman–Crippen MR) is 129 cm³/mol. The van der Waals surface area contributed by atoms with E-state index < -0.39 is 5.82 Å². The van der Waals surface area contributed by atoms with Crippen molar-refractivity contribution < 1.29 is 9.13 Å². The molecule has 0 spiro atoms. The van der Waals surface area contributed by atoms with Crippen LogP contribution in [0.3, 0.4) is 0 Å². The summed E-state index contributed by atoms with van der Waals surface area (Å²) in [5.41, 5.74) is 2.48. The normalized spacial score (nSPS) is 11.6. The van der Waals surface area contributed by atoms with Crippen LogP contribution in [0, 0.1) is 5.82 Å². The second kappa shape index (κ2) is 10.6. The zero-order valence-corrected chi connectivity index (χ0v) is 19.7. The molecule has 3 rings (SSSR count). The molecule has 0 saturated heterocycles. The minimum Gasteiger partial charge on any atom is -0.378 e. The number of rotatable bonds is 10. The van der Waals surface area contributed by atoms with Gasteiger partial charge in [0.2, 0.25) is 0 Å². The molecule has 0 saturated carbocycles. The Morgan fingerprint density at radius 1 is 1.41 bits per heavy atom. The molecule has 0 bridgehead atoms. The lowest BCUT2D eigenvalue weighted by Crippen LogP contribution is -2.25. The Kier molecular flexibility index (Phi) is 8.20. The number of nitrogens with zero attached hydrogens (tertiary/aromatic N) is 4. The van der Waals surface area contributed by atoms with E-state index in [4.69, 9.17) is 16.3 Å². The Labute approximate surface area is 188 Å². The summed E-state index contributed by atoms with van der Waals surface area (Å²) >= 11 is 8.31. The number of hydrogen-bond donors (Lipinski definition) is 1. The number of fused-ring (bicyclic) bond motifs is 1. The first-order valence-corrected chi connectivity index (χ1v) is 13.4. The van der Waals surface area contributed by atoms with Crippen LogP contribution in [0.5, 0.6) is 0 Å². The summed E-state index contributed by atoms with van der Waals surface area (Å²) in [6, 6.07) is 6.61. The fraction of sp³-hybridized carbons (Fsp3) is 0.263. The average molecular weight is 548 g/mol. The van der Waals surface area contributed by atoms with Gasteiger partial charge in [0.05, 0.1) is 42.0 Å². The van der Waals surface area contributed by atoms with Crippen molar-refractivity contribution in [1.82, 2.24) is 19.9 Å². The second-order valence-electron chi connectivity index (χ2n) is 6.11. The van der Waals surface area contributed by atoms with Crippen molar-refractivity contribution in [2.75, 3.05) is 38.3 Å². The highest BCUT2D eigenvalue weighted by Gasteiger charge is 2.16. The minimum absolute atomic E-state index is 0.0652. The Morgan fingerprint density at radius 2 is 2.24 bits per heavy atom. The van der Waals surface area contributed by atoms with Gasteiger partial charge < -0.3 is 15.0 Å². The fourth-order valence-corrected chi connectivity index (χ4v) is 4.54. The fourth-order valence-electron chi connectivity index (χ4n) is 2.85. The molecule has 1 atom stereocenters. The largest absolute Gasteiger partial charge is 0.378 e. The van der Waals surface area contributed by atoms with E-state index in [9.17, 15) is 4.39 Å². The Balaban J connectivity index is 1.97. The molecule has 0 aliphatic heterocycles. The molecule has 29 heavy (non-hydrogen) atoms. The van der Waals surface area contributed by atoms with Crippen LogP contribution in [0.25, 0.3) is 17.0 Å². The highest BCUT2D eigenvalue weighted by atomic mass is 127. The highest BCUT2D eigenvalue weighted by Crippen LogP contribution is 2.34. The van der Waals surface area contributed by atoms with Gasteiger partial charge in [-0.3, -0.25) is 0 Å². The number of halogens is 3. The van der Waals surface area contributed by atoms with E-state index in [0.29, 0.717) is 32.0 Å². The summed E-state index contributed by atoms with van der Waals surface area (Å²) in [5.74, 6) is 0.249. The van der Waals surface area contributed by atoms with Gasteiger partial charge in [-0.25, -0.2) is 13.8 Å². The van der Waals surface area contributed by atoms with Gasteiger partial charge in [-0.1, -0.05) is 18.2 Å². The van der Waals surface area contributed by atoms with Gasteiger partial charge in [-0.05, 0) is 59.4 Å². The van der Waals surface area contributed by atoms with Gasteiger partial charge in [0.1, 0.15) is 11.6 Å². The van der Waals surface area contributed by atoms with E-state index in [0.717, 1.165) is 28.8 Å². The van der Waals surface area contributed by atoms with Gasteiger partial charge >= 0.3 is 0 Å². The van der Waals surface area contributed by atoms with E-state index in [1.165, 1.54) is 6.07 Å². The lowest BCUT2D eigenvalue weighted by molar-refractivity contribution is 0.144. The van der Waals surface area contributed by atoms with Crippen molar-refractivity contribution in [3.63, 3.8) is 0 Å². The second-order valence-corrected chi connectivity index (χ2v) is 8.56. The van der Waals surface area contributed by atoms with E-state index in [2.05, 4.69) is 44.0 Å². The summed E-state index contributed by atoms with van der Waals surface area (Å²) in [5, 5.41) is 8.64. The molecule has 2 aromatic heterocycles. The van der Waals surface area contributed by atoms with Gasteiger partial charge in [0, 0.05) is 24.2 Å². The molecule has 0 radical (unpaired) electrons. The molecular formula is C19H21ClFIN5OP. The summed E-state index contributed by atoms with van der Waals surface area (Å²) in [6.07, 6.45) is 4.00. The molecule has 6 nitrogen and oxygen atoms in total. The zero-order valence-electron chi connectivity index (χ0n) is 15.8. The van der Waals surface area contributed by atoms with Crippen molar-refractivity contribution in [3.8, 4) is 0 Å². The Hall–Kier alpha value is -1.32. The highest BCUT2D eigenvalue weighted by molar-refractivity contribution is 14.2. The van der Waals surface area contributed by atoms with Crippen LogP contribution in [-0.4, -0.2) is 47.9 Å².